The van der Waals surface area contributed by atoms with Crippen molar-refractivity contribution < 1.29 is 5.11 Å². The molecule has 1 heterocycles. The highest BCUT2D eigenvalue weighted by Gasteiger charge is 2.05. The minimum atomic E-state index is -0.119. The van der Waals surface area contributed by atoms with Crippen LogP contribution in [0.5, 0.6) is 0 Å². The first kappa shape index (κ1) is 12.2. The molecule has 0 amide bonds. The monoisotopic (exact) mass is 268 g/mol. The molecular formula is C12H10Cl2N2O. The maximum absolute atomic E-state index is 9.31. The van der Waals surface area contributed by atoms with Gasteiger partial charge in [0.25, 0.3) is 0 Å². The van der Waals surface area contributed by atoms with E-state index in [-0.39, 0.29) is 6.61 Å². The molecule has 88 valence electrons. The molecule has 1 aromatic carbocycles. The van der Waals surface area contributed by atoms with Crippen LogP contribution in [0.1, 0.15) is 11.4 Å². The van der Waals surface area contributed by atoms with Crippen molar-refractivity contribution in [2.24, 2.45) is 0 Å². The maximum Gasteiger partial charge on any atom is 0.135 e. The van der Waals surface area contributed by atoms with Crippen LogP contribution in [-0.4, -0.2) is 21.7 Å². The third-order valence-electron chi connectivity index (χ3n) is 2.26. The Balaban J connectivity index is 2.40. The van der Waals surface area contributed by atoms with Crippen LogP contribution < -0.4 is 0 Å². The summed E-state index contributed by atoms with van der Waals surface area (Å²) >= 11 is 11.9. The fourth-order valence-corrected chi connectivity index (χ4v) is 1.90. The van der Waals surface area contributed by atoms with E-state index < -0.39 is 0 Å². The lowest BCUT2D eigenvalue weighted by atomic mass is 10.1. The molecule has 2 rings (SSSR count). The summed E-state index contributed by atoms with van der Waals surface area (Å²) in [7, 11) is 0. The normalized spacial score (nSPS) is 11.8. The van der Waals surface area contributed by atoms with Crippen LogP contribution in [0.4, 0.5) is 0 Å². The van der Waals surface area contributed by atoms with E-state index in [0.29, 0.717) is 21.4 Å². The van der Waals surface area contributed by atoms with Crippen molar-refractivity contribution in [3.05, 3.63) is 52.0 Å². The van der Waals surface area contributed by atoms with Gasteiger partial charge in [-0.3, -0.25) is 0 Å². The number of hydrogen-bond acceptors (Lipinski definition) is 2. The van der Waals surface area contributed by atoms with Crippen molar-refractivity contribution in [2.45, 2.75) is 0 Å². The highest BCUT2D eigenvalue weighted by molar-refractivity contribution is 6.35. The van der Waals surface area contributed by atoms with Crippen LogP contribution in [0.3, 0.4) is 0 Å². The van der Waals surface area contributed by atoms with Crippen molar-refractivity contribution >= 4 is 34.9 Å². The maximum atomic E-state index is 9.31. The molecule has 1 aromatic heterocycles. The Hall–Kier alpha value is -1.29. The third kappa shape index (κ3) is 2.88. The highest BCUT2D eigenvalue weighted by atomic mass is 35.5. The van der Waals surface area contributed by atoms with Gasteiger partial charge in [0.15, 0.2) is 0 Å². The van der Waals surface area contributed by atoms with Crippen LogP contribution in [0.15, 0.2) is 30.6 Å². The summed E-state index contributed by atoms with van der Waals surface area (Å²) in [5, 5.41) is 10.4. The van der Waals surface area contributed by atoms with Crippen LogP contribution in [0.25, 0.3) is 11.6 Å². The molecule has 0 unspecified atom stereocenters. The molecule has 0 aliphatic carbocycles. The number of aromatic nitrogens is 2. The summed E-state index contributed by atoms with van der Waals surface area (Å²) in [5.41, 5.74) is 1.45. The average molecular weight is 269 g/mol. The molecule has 0 aliphatic rings. The Morgan fingerprint density at radius 2 is 2.24 bits per heavy atom. The van der Waals surface area contributed by atoms with Crippen molar-refractivity contribution in [3.8, 4) is 0 Å². The molecule has 5 heteroatoms. The first-order chi connectivity index (χ1) is 8.20. The summed E-state index contributed by atoms with van der Waals surface area (Å²) in [6.07, 6.45) is 5.10. The lowest BCUT2D eigenvalue weighted by Crippen LogP contribution is -1.93. The molecule has 0 saturated heterocycles. The number of aliphatic hydroxyl groups excluding tert-OH is 1. The largest absolute Gasteiger partial charge is 0.392 e. The molecule has 2 aromatic rings. The summed E-state index contributed by atoms with van der Waals surface area (Å²) in [6, 6.07) is 5.20. The van der Waals surface area contributed by atoms with Gasteiger partial charge in [0, 0.05) is 28.0 Å². The van der Waals surface area contributed by atoms with E-state index in [2.05, 4.69) is 9.97 Å². The van der Waals surface area contributed by atoms with Gasteiger partial charge in [-0.25, -0.2) is 4.98 Å². The smallest absolute Gasteiger partial charge is 0.135 e. The predicted octanol–water partition coefficient (Wildman–Crippen LogP) is 3.25. The van der Waals surface area contributed by atoms with Crippen LogP contribution in [0.2, 0.25) is 10.0 Å². The van der Waals surface area contributed by atoms with E-state index in [0.717, 1.165) is 5.56 Å². The Labute approximate surface area is 109 Å². The minimum Gasteiger partial charge on any atom is -0.392 e. The Kier molecular flexibility index (Phi) is 3.84. The standard InChI is InChI=1S/C12H10Cl2N2O/c13-10-2-1-8(11(14)6-10)5-9(7-17)12-15-3-4-16-12/h1-6,17H,7H2,(H,15,16). The first-order valence-corrected chi connectivity index (χ1v) is 5.72. The van der Waals surface area contributed by atoms with Gasteiger partial charge in [0.05, 0.1) is 6.61 Å². The van der Waals surface area contributed by atoms with Gasteiger partial charge in [0.1, 0.15) is 5.82 Å². The second kappa shape index (κ2) is 5.36. The Morgan fingerprint density at radius 1 is 1.41 bits per heavy atom. The van der Waals surface area contributed by atoms with Gasteiger partial charge in [-0.05, 0) is 23.8 Å². The van der Waals surface area contributed by atoms with Gasteiger partial charge in [-0.1, -0.05) is 29.3 Å². The van der Waals surface area contributed by atoms with Crippen LogP contribution in [0, 0.1) is 0 Å². The number of aliphatic hydroxyl groups is 1. The lowest BCUT2D eigenvalue weighted by molar-refractivity contribution is 0.350. The fraction of sp³-hybridized carbons (Fsp3) is 0.0833. The van der Waals surface area contributed by atoms with Gasteiger partial charge in [-0.15, -0.1) is 0 Å². The number of halogens is 2. The summed E-state index contributed by atoms with van der Waals surface area (Å²) in [5.74, 6) is 0.624. The number of nitrogens with one attached hydrogen (secondary N) is 1. The fourth-order valence-electron chi connectivity index (χ4n) is 1.44. The van der Waals surface area contributed by atoms with E-state index in [1.54, 1.807) is 36.7 Å². The molecule has 0 atom stereocenters. The number of nitrogens with zero attached hydrogens (tertiary/aromatic N) is 1. The zero-order chi connectivity index (χ0) is 12.3. The molecule has 0 fully saturated rings. The van der Waals surface area contributed by atoms with Crippen molar-refractivity contribution in [1.82, 2.24) is 9.97 Å². The van der Waals surface area contributed by atoms with Gasteiger partial charge >= 0.3 is 0 Å². The van der Waals surface area contributed by atoms with E-state index >= 15 is 0 Å². The van der Waals surface area contributed by atoms with Crippen LogP contribution in [-0.2, 0) is 0 Å². The van der Waals surface area contributed by atoms with Gasteiger partial charge in [0.2, 0.25) is 0 Å². The van der Waals surface area contributed by atoms with Gasteiger partial charge < -0.3 is 10.1 Å². The van der Waals surface area contributed by atoms with Crippen molar-refractivity contribution in [3.63, 3.8) is 0 Å². The molecule has 0 spiro atoms. The molecule has 3 nitrogen and oxygen atoms in total. The predicted molar refractivity (Wildman–Crippen MR) is 70.0 cm³/mol. The van der Waals surface area contributed by atoms with Crippen LogP contribution >= 0.6 is 23.2 Å². The third-order valence-corrected chi connectivity index (χ3v) is 2.83. The van der Waals surface area contributed by atoms with Gasteiger partial charge in [-0.2, -0.15) is 0 Å². The lowest BCUT2D eigenvalue weighted by Gasteiger charge is -2.03. The van der Waals surface area contributed by atoms with E-state index in [9.17, 15) is 5.11 Å². The topological polar surface area (TPSA) is 48.9 Å². The molecule has 0 saturated carbocycles. The number of H-pyrrole nitrogens is 1. The minimum absolute atomic E-state index is 0.119. The average Bonchev–Trinajstić information content (AvgIpc) is 2.81. The molecule has 2 N–H and O–H groups in total. The quantitative estimate of drug-likeness (QED) is 0.898. The highest BCUT2D eigenvalue weighted by Crippen LogP contribution is 2.24. The SMILES string of the molecule is OCC(=Cc1ccc(Cl)cc1Cl)c1ncc[nH]1. The number of hydrogen-bond donors (Lipinski definition) is 2. The Bertz CT molecular complexity index is 535. The molecule has 0 aliphatic heterocycles. The number of rotatable bonds is 3. The molecule has 0 radical (unpaired) electrons. The molecular weight excluding hydrogens is 259 g/mol. The number of aromatic amines is 1. The Morgan fingerprint density at radius 3 is 2.82 bits per heavy atom. The number of benzene rings is 1. The second-order valence-corrected chi connectivity index (χ2v) is 4.27. The zero-order valence-corrected chi connectivity index (χ0v) is 10.3. The summed E-state index contributed by atoms with van der Waals surface area (Å²) in [6.45, 7) is -0.119. The summed E-state index contributed by atoms with van der Waals surface area (Å²) in [4.78, 5) is 7.01. The molecule has 0 bridgehead atoms. The van der Waals surface area contributed by atoms with E-state index in [4.69, 9.17) is 23.2 Å². The second-order valence-electron chi connectivity index (χ2n) is 3.43. The summed E-state index contributed by atoms with van der Waals surface area (Å²) < 4.78 is 0. The number of imidazole rings is 1. The zero-order valence-electron chi connectivity index (χ0n) is 8.82. The van der Waals surface area contributed by atoms with E-state index in [1.807, 2.05) is 0 Å². The first-order valence-electron chi connectivity index (χ1n) is 4.97. The van der Waals surface area contributed by atoms with Crippen molar-refractivity contribution in [2.75, 3.05) is 6.61 Å². The molecule has 17 heavy (non-hydrogen) atoms. The van der Waals surface area contributed by atoms with E-state index in [1.165, 1.54) is 0 Å². The van der Waals surface area contributed by atoms with Crippen molar-refractivity contribution in [1.29, 1.82) is 0 Å².